The van der Waals surface area contributed by atoms with E-state index in [0.29, 0.717) is 11.9 Å². The molecule has 0 bridgehead atoms. The van der Waals surface area contributed by atoms with Crippen molar-refractivity contribution >= 4 is 17.5 Å². The molecule has 2 atom stereocenters. The van der Waals surface area contributed by atoms with E-state index in [9.17, 15) is 4.79 Å². The Hall–Kier alpha value is -0.280. The molecule has 3 nitrogen and oxygen atoms in total. The quantitative estimate of drug-likeness (QED) is 0.688. The monoisotopic (exact) mass is 232 g/mol. The highest BCUT2D eigenvalue weighted by Gasteiger charge is 2.28. The Morgan fingerprint density at radius 2 is 2.20 bits per heavy atom. The summed E-state index contributed by atoms with van der Waals surface area (Å²) in [5, 5.41) is 0. The molecule has 2 unspecified atom stereocenters. The number of likely N-dealkylation sites (N-methyl/N-ethyl adjacent to an activating group) is 1. The maximum absolute atomic E-state index is 12.1. The third-order valence-corrected chi connectivity index (χ3v) is 3.30. The summed E-state index contributed by atoms with van der Waals surface area (Å²) in [5.41, 5.74) is 0. The van der Waals surface area contributed by atoms with Crippen molar-refractivity contribution in [1.82, 2.24) is 9.80 Å². The van der Waals surface area contributed by atoms with E-state index in [1.807, 2.05) is 11.8 Å². The predicted molar refractivity (Wildman–Crippen MR) is 63.2 cm³/mol. The molecule has 1 saturated heterocycles. The van der Waals surface area contributed by atoms with Gasteiger partial charge in [-0.2, -0.15) is 0 Å². The SMILES string of the molecule is CC(CCCl)C(=O)N1CCN(C)CC1C. The van der Waals surface area contributed by atoms with E-state index in [1.165, 1.54) is 0 Å². The third-order valence-electron chi connectivity index (χ3n) is 3.08. The molecule has 0 radical (unpaired) electrons. The highest BCUT2D eigenvalue weighted by molar-refractivity contribution is 6.17. The number of carbonyl (C=O) groups is 1. The van der Waals surface area contributed by atoms with Crippen molar-refractivity contribution in [3.63, 3.8) is 0 Å². The largest absolute Gasteiger partial charge is 0.337 e. The van der Waals surface area contributed by atoms with Gasteiger partial charge in [0.15, 0.2) is 0 Å². The third kappa shape index (κ3) is 3.35. The second kappa shape index (κ2) is 5.71. The van der Waals surface area contributed by atoms with Crippen LogP contribution >= 0.6 is 11.6 Å². The number of alkyl halides is 1. The molecule has 0 aromatic carbocycles. The number of carbonyl (C=O) groups excluding carboxylic acids is 1. The van der Waals surface area contributed by atoms with Crippen molar-refractivity contribution in [2.24, 2.45) is 5.92 Å². The summed E-state index contributed by atoms with van der Waals surface area (Å²) in [6.07, 6.45) is 0.777. The fourth-order valence-electron chi connectivity index (χ4n) is 2.04. The van der Waals surface area contributed by atoms with Crippen molar-refractivity contribution < 1.29 is 4.79 Å². The van der Waals surface area contributed by atoms with Crippen LogP contribution in [0.4, 0.5) is 0 Å². The van der Waals surface area contributed by atoms with E-state index in [0.717, 1.165) is 26.1 Å². The molecule has 4 heteroatoms. The molecular formula is C11H21ClN2O. The van der Waals surface area contributed by atoms with Crippen LogP contribution in [-0.4, -0.2) is 54.3 Å². The maximum Gasteiger partial charge on any atom is 0.225 e. The fraction of sp³-hybridized carbons (Fsp3) is 0.909. The summed E-state index contributed by atoms with van der Waals surface area (Å²) in [7, 11) is 2.10. The lowest BCUT2D eigenvalue weighted by atomic mass is 10.1. The van der Waals surface area contributed by atoms with Crippen molar-refractivity contribution in [3.05, 3.63) is 0 Å². The van der Waals surface area contributed by atoms with Crippen molar-refractivity contribution in [2.75, 3.05) is 32.6 Å². The number of halogens is 1. The minimum absolute atomic E-state index is 0.0633. The Kier molecular flexibility index (Phi) is 4.87. The topological polar surface area (TPSA) is 23.6 Å². The van der Waals surface area contributed by atoms with E-state index in [1.54, 1.807) is 0 Å². The number of hydrogen-bond acceptors (Lipinski definition) is 2. The van der Waals surface area contributed by atoms with Crippen LogP contribution in [0, 0.1) is 5.92 Å². The van der Waals surface area contributed by atoms with Gasteiger partial charge >= 0.3 is 0 Å². The lowest BCUT2D eigenvalue weighted by molar-refractivity contribution is -0.139. The molecule has 0 aromatic rings. The molecule has 0 N–H and O–H groups in total. The first-order valence-corrected chi connectivity index (χ1v) is 6.14. The van der Waals surface area contributed by atoms with Crippen LogP contribution in [0.2, 0.25) is 0 Å². The van der Waals surface area contributed by atoms with Crippen molar-refractivity contribution in [1.29, 1.82) is 0 Å². The molecule has 0 aliphatic carbocycles. The second-order valence-electron chi connectivity index (χ2n) is 4.52. The Balaban J connectivity index is 2.52. The Morgan fingerprint density at radius 1 is 1.53 bits per heavy atom. The lowest BCUT2D eigenvalue weighted by Crippen LogP contribution is -2.54. The first-order valence-electron chi connectivity index (χ1n) is 5.61. The summed E-state index contributed by atoms with van der Waals surface area (Å²) in [4.78, 5) is 16.3. The van der Waals surface area contributed by atoms with E-state index in [4.69, 9.17) is 11.6 Å². The molecule has 0 spiro atoms. The van der Waals surface area contributed by atoms with Crippen molar-refractivity contribution in [2.45, 2.75) is 26.3 Å². The Bertz CT molecular complexity index is 223. The molecule has 0 saturated carbocycles. The van der Waals surface area contributed by atoms with Gasteiger partial charge in [0.2, 0.25) is 5.91 Å². The van der Waals surface area contributed by atoms with Crippen molar-refractivity contribution in [3.8, 4) is 0 Å². The number of rotatable bonds is 3. The number of amides is 1. The van der Waals surface area contributed by atoms with Crippen LogP contribution < -0.4 is 0 Å². The highest BCUT2D eigenvalue weighted by atomic mass is 35.5. The summed E-state index contributed by atoms with van der Waals surface area (Å²) in [6, 6.07) is 0.328. The van der Waals surface area contributed by atoms with E-state index < -0.39 is 0 Å². The van der Waals surface area contributed by atoms with Gasteiger partial charge in [0, 0.05) is 37.5 Å². The molecule has 1 aliphatic rings. The van der Waals surface area contributed by atoms with Crippen LogP contribution in [0.25, 0.3) is 0 Å². The zero-order valence-corrected chi connectivity index (χ0v) is 10.6. The minimum atomic E-state index is 0.0633. The van der Waals surface area contributed by atoms with Gasteiger partial charge in [0.1, 0.15) is 0 Å². The summed E-state index contributed by atoms with van der Waals surface area (Å²) < 4.78 is 0. The zero-order valence-electron chi connectivity index (χ0n) is 9.87. The van der Waals surface area contributed by atoms with Gasteiger partial charge in [-0.1, -0.05) is 6.92 Å². The van der Waals surface area contributed by atoms with Crippen LogP contribution in [0.15, 0.2) is 0 Å². The van der Waals surface area contributed by atoms with E-state index >= 15 is 0 Å². The highest BCUT2D eigenvalue weighted by Crippen LogP contribution is 2.14. The molecule has 1 fully saturated rings. The predicted octanol–water partition coefficient (Wildman–Crippen LogP) is 1.41. The summed E-state index contributed by atoms with van der Waals surface area (Å²) in [5.74, 6) is 0.888. The molecule has 0 aromatic heterocycles. The summed E-state index contributed by atoms with van der Waals surface area (Å²) in [6.45, 7) is 6.88. The molecule has 1 amide bonds. The Labute approximate surface area is 97.4 Å². The standard InChI is InChI=1S/C11H21ClN2O/c1-9(4-5-12)11(15)14-7-6-13(3)8-10(14)2/h9-10H,4-8H2,1-3H3. The van der Waals surface area contributed by atoms with Gasteiger partial charge < -0.3 is 9.80 Å². The molecule has 1 aliphatic heterocycles. The van der Waals surface area contributed by atoms with Gasteiger partial charge in [0.05, 0.1) is 0 Å². The van der Waals surface area contributed by atoms with Crippen LogP contribution in [0.3, 0.4) is 0 Å². The van der Waals surface area contributed by atoms with Crippen LogP contribution in [0.5, 0.6) is 0 Å². The Morgan fingerprint density at radius 3 is 2.73 bits per heavy atom. The fourth-order valence-corrected chi connectivity index (χ4v) is 2.36. The number of hydrogen-bond donors (Lipinski definition) is 0. The smallest absolute Gasteiger partial charge is 0.225 e. The molecule has 1 rings (SSSR count). The molecular weight excluding hydrogens is 212 g/mol. The normalized spacial score (nSPS) is 25.3. The van der Waals surface area contributed by atoms with Gasteiger partial charge in [-0.25, -0.2) is 0 Å². The zero-order chi connectivity index (χ0) is 11.4. The van der Waals surface area contributed by atoms with Gasteiger partial charge in [0.25, 0.3) is 0 Å². The number of nitrogens with zero attached hydrogens (tertiary/aromatic N) is 2. The molecule has 15 heavy (non-hydrogen) atoms. The average molecular weight is 233 g/mol. The first kappa shape index (κ1) is 12.8. The van der Waals surface area contributed by atoms with Gasteiger partial charge in [-0.15, -0.1) is 11.6 Å². The second-order valence-corrected chi connectivity index (χ2v) is 4.90. The van der Waals surface area contributed by atoms with E-state index in [2.05, 4.69) is 18.9 Å². The minimum Gasteiger partial charge on any atom is -0.337 e. The van der Waals surface area contributed by atoms with Gasteiger partial charge in [-0.3, -0.25) is 4.79 Å². The van der Waals surface area contributed by atoms with Crippen LogP contribution in [0.1, 0.15) is 20.3 Å². The average Bonchev–Trinajstić information content (AvgIpc) is 2.17. The first-order chi connectivity index (χ1) is 7.06. The summed E-state index contributed by atoms with van der Waals surface area (Å²) >= 11 is 5.66. The maximum atomic E-state index is 12.1. The van der Waals surface area contributed by atoms with E-state index in [-0.39, 0.29) is 11.8 Å². The van der Waals surface area contributed by atoms with Crippen LogP contribution in [-0.2, 0) is 4.79 Å². The van der Waals surface area contributed by atoms with Gasteiger partial charge in [-0.05, 0) is 20.4 Å². The number of piperazine rings is 1. The molecule has 88 valence electrons. The lowest BCUT2D eigenvalue weighted by Gasteiger charge is -2.39. The molecule has 1 heterocycles.